The molecule has 0 aromatic rings. The molecule has 0 bridgehead atoms. The number of Topliss-reactive ketones (excluding diaryl/α,β-unsaturated/α-hetero) is 2. The second-order valence-corrected chi connectivity index (χ2v) is 4.83. The van der Waals surface area contributed by atoms with Gasteiger partial charge in [0, 0.05) is 0 Å². The van der Waals surface area contributed by atoms with Crippen LogP contribution in [0.15, 0.2) is 17.2 Å². The highest BCUT2D eigenvalue weighted by Gasteiger charge is 2.30. The molecule has 0 aliphatic heterocycles. The molecule has 0 aromatic heterocycles. The Balaban J connectivity index is 3.32. The van der Waals surface area contributed by atoms with Gasteiger partial charge in [-0.15, -0.1) is 0 Å². The minimum absolute atomic E-state index is 0.0917. The minimum atomic E-state index is -0.480. The Labute approximate surface area is 106 Å². The molecule has 0 spiro atoms. The first-order valence-electron chi connectivity index (χ1n) is 2.66. The molecule has 0 saturated carbocycles. The van der Waals surface area contributed by atoms with Gasteiger partial charge in [-0.25, -0.2) is 0 Å². The van der Waals surface area contributed by atoms with Crippen molar-refractivity contribution in [3.05, 3.63) is 17.2 Å². The molecule has 6 heteroatoms. The van der Waals surface area contributed by atoms with Crippen LogP contribution in [0.3, 0.4) is 0 Å². The van der Waals surface area contributed by atoms with Crippen LogP contribution in [-0.2, 0) is 9.59 Å². The largest absolute Gasteiger partial charge is 0.287 e. The summed E-state index contributed by atoms with van der Waals surface area (Å²) in [5, 5.41) is -0.183. The van der Waals surface area contributed by atoms with Crippen LogP contribution in [0.2, 0.25) is 0 Å². The van der Waals surface area contributed by atoms with Crippen molar-refractivity contribution < 1.29 is 9.59 Å². The molecule has 0 unspecified atom stereocenters. The van der Waals surface area contributed by atoms with E-state index >= 15 is 0 Å². The molecule has 1 aliphatic rings. The van der Waals surface area contributed by atoms with Gasteiger partial charge in [0.1, 0.15) is 10.1 Å². The molecule has 0 N–H and O–H groups in total. The number of rotatable bonds is 0. The summed E-state index contributed by atoms with van der Waals surface area (Å²) in [4.78, 5) is 22.4. The molecule has 0 fully saturated rings. The quantitative estimate of drug-likeness (QED) is 0.439. The summed E-state index contributed by atoms with van der Waals surface area (Å²) in [5.41, 5.74) is 0. The third kappa shape index (κ3) is 1.71. The van der Waals surface area contributed by atoms with E-state index in [9.17, 15) is 9.59 Å². The van der Waals surface area contributed by atoms with E-state index in [1.54, 1.807) is 45.2 Å². The Morgan fingerprint density at radius 2 is 1.17 bits per heavy atom. The highest BCUT2D eigenvalue weighted by molar-refractivity contribution is 14.1. The molecule has 0 atom stereocenters. The molecule has 1 aliphatic carbocycles. The van der Waals surface area contributed by atoms with E-state index in [2.05, 4.69) is 0 Å². The second kappa shape index (κ2) is 3.93. The zero-order valence-electron chi connectivity index (χ0n) is 5.33. The summed E-state index contributed by atoms with van der Waals surface area (Å²) in [6.45, 7) is 0. The average molecular weight is 429 g/mol. The lowest BCUT2D eigenvalue weighted by Gasteiger charge is -2.09. The van der Waals surface area contributed by atoms with Crippen LogP contribution in [0.5, 0.6) is 0 Å². The van der Waals surface area contributed by atoms with Gasteiger partial charge < -0.3 is 0 Å². The highest BCUT2D eigenvalue weighted by Crippen LogP contribution is 2.35. The van der Waals surface area contributed by atoms with Crippen LogP contribution < -0.4 is 0 Å². The first-order chi connectivity index (χ1) is 5.46. The first-order valence-corrected chi connectivity index (χ1v) is 5.58. The van der Waals surface area contributed by atoms with Gasteiger partial charge in [-0.2, -0.15) is 0 Å². The van der Waals surface area contributed by atoms with E-state index in [1.165, 1.54) is 0 Å². The smallest absolute Gasteiger partial charge is 0.218 e. The molecule has 0 heterocycles. The van der Waals surface area contributed by atoms with Crippen molar-refractivity contribution in [2.75, 3.05) is 0 Å². The van der Waals surface area contributed by atoms with E-state index < -0.39 is 5.78 Å². The predicted molar refractivity (Wildman–Crippen MR) is 63.8 cm³/mol. The fourth-order valence-corrected chi connectivity index (χ4v) is 2.55. The molecular formula is C6Cl2I2O2. The van der Waals surface area contributed by atoms with E-state index in [0.717, 1.165) is 0 Å². The van der Waals surface area contributed by atoms with Crippen LogP contribution in [0.4, 0.5) is 0 Å². The Hall–Kier alpha value is 0.860. The maximum atomic E-state index is 11.2. The summed E-state index contributed by atoms with van der Waals surface area (Å²) in [5.74, 6) is -0.766. The SMILES string of the molecule is O=C1C(Cl)=C(I)C(=O)C(I)=C1Cl. The Bertz CT molecular complexity index is 281. The van der Waals surface area contributed by atoms with Crippen molar-refractivity contribution in [3.63, 3.8) is 0 Å². The van der Waals surface area contributed by atoms with Gasteiger partial charge in [-0.1, -0.05) is 23.2 Å². The third-order valence-corrected chi connectivity index (χ3v) is 4.60. The zero-order chi connectivity index (χ0) is 9.46. The molecule has 1 rings (SSSR count). The molecule has 0 saturated heterocycles. The van der Waals surface area contributed by atoms with Crippen molar-refractivity contribution in [2.24, 2.45) is 0 Å². The maximum Gasteiger partial charge on any atom is 0.218 e. The molecule has 0 aromatic carbocycles. The third-order valence-electron chi connectivity index (χ3n) is 1.18. The van der Waals surface area contributed by atoms with Gasteiger partial charge in [-0.3, -0.25) is 9.59 Å². The zero-order valence-corrected chi connectivity index (χ0v) is 11.2. The highest BCUT2D eigenvalue weighted by atomic mass is 127. The van der Waals surface area contributed by atoms with Crippen LogP contribution in [0.25, 0.3) is 0 Å². The number of ketones is 2. The molecule has 12 heavy (non-hydrogen) atoms. The number of hydrogen-bond acceptors (Lipinski definition) is 2. The van der Waals surface area contributed by atoms with Crippen molar-refractivity contribution in [1.82, 2.24) is 0 Å². The molecule has 64 valence electrons. The summed E-state index contributed by atoms with van der Waals surface area (Å²) < 4.78 is 0.459. The summed E-state index contributed by atoms with van der Waals surface area (Å²) >= 11 is 14.6. The van der Waals surface area contributed by atoms with E-state index in [0.29, 0.717) is 0 Å². The number of allylic oxidation sites excluding steroid dienone is 4. The Kier molecular flexibility index (Phi) is 3.58. The summed E-state index contributed by atoms with van der Waals surface area (Å²) in [6, 6.07) is 0. The average Bonchev–Trinajstić information content (AvgIpc) is 2.08. The lowest BCUT2D eigenvalue weighted by molar-refractivity contribution is -0.114. The van der Waals surface area contributed by atoms with Crippen LogP contribution in [0.1, 0.15) is 0 Å². The van der Waals surface area contributed by atoms with E-state index in [-0.39, 0.29) is 23.0 Å². The molecule has 2 nitrogen and oxygen atoms in total. The fraction of sp³-hybridized carbons (Fsp3) is 0. The maximum absolute atomic E-state index is 11.2. The van der Waals surface area contributed by atoms with Gasteiger partial charge in [0.15, 0.2) is 0 Å². The topological polar surface area (TPSA) is 34.1 Å². The van der Waals surface area contributed by atoms with Gasteiger partial charge in [0.05, 0.1) is 7.16 Å². The monoisotopic (exact) mass is 428 g/mol. The fourth-order valence-electron chi connectivity index (χ4n) is 0.591. The molecular weight excluding hydrogens is 429 g/mol. The predicted octanol–water partition coefficient (Wildman–Crippen LogP) is 2.91. The van der Waals surface area contributed by atoms with Crippen LogP contribution in [0, 0.1) is 0 Å². The van der Waals surface area contributed by atoms with Gasteiger partial charge in [-0.05, 0) is 45.2 Å². The normalized spacial score (nSPS) is 19.3. The summed E-state index contributed by atoms with van der Waals surface area (Å²) in [7, 11) is 0. The van der Waals surface area contributed by atoms with Crippen molar-refractivity contribution in [2.45, 2.75) is 0 Å². The lowest BCUT2D eigenvalue weighted by atomic mass is 10.2. The standard InChI is InChI=1S/C6Cl2I2O2/c7-1-3(9)6(12)4(10)2(8)5(1)11. The van der Waals surface area contributed by atoms with Crippen LogP contribution >= 0.6 is 68.4 Å². The van der Waals surface area contributed by atoms with Crippen molar-refractivity contribution in [1.29, 1.82) is 0 Å². The van der Waals surface area contributed by atoms with Gasteiger partial charge in [0.2, 0.25) is 11.6 Å². The van der Waals surface area contributed by atoms with Crippen molar-refractivity contribution in [3.8, 4) is 0 Å². The minimum Gasteiger partial charge on any atom is -0.287 e. The van der Waals surface area contributed by atoms with Gasteiger partial charge >= 0.3 is 0 Å². The second-order valence-electron chi connectivity index (χ2n) is 1.91. The van der Waals surface area contributed by atoms with Crippen molar-refractivity contribution >= 4 is 80.0 Å². The number of halogens is 4. The van der Waals surface area contributed by atoms with E-state index in [4.69, 9.17) is 23.2 Å². The van der Waals surface area contributed by atoms with Crippen LogP contribution in [-0.4, -0.2) is 11.6 Å². The van der Waals surface area contributed by atoms with E-state index in [1.807, 2.05) is 0 Å². The van der Waals surface area contributed by atoms with Gasteiger partial charge in [0.25, 0.3) is 0 Å². The number of carbonyl (C=O) groups excluding carboxylic acids is 2. The first kappa shape index (κ1) is 10.9. The molecule has 0 amide bonds. The Morgan fingerprint density at radius 3 is 1.50 bits per heavy atom. The summed E-state index contributed by atoms with van der Waals surface area (Å²) in [6.07, 6.45) is 0. The number of carbonyl (C=O) groups is 2. The Morgan fingerprint density at radius 1 is 0.833 bits per heavy atom. The molecule has 0 radical (unpaired) electrons. The number of hydrogen-bond donors (Lipinski definition) is 0. The lowest BCUT2D eigenvalue weighted by Crippen LogP contribution is -2.14.